The molecule has 1 heterocycles. The van der Waals surface area contributed by atoms with Crippen LogP contribution in [-0.4, -0.2) is 18.5 Å². The number of esters is 1. The van der Waals surface area contributed by atoms with Gasteiger partial charge in [-0.15, -0.1) is 11.3 Å². The summed E-state index contributed by atoms with van der Waals surface area (Å²) in [6.45, 7) is 1.43. The van der Waals surface area contributed by atoms with Gasteiger partial charge in [-0.2, -0.15) is 5.26 Å². The number of carbonyl (C=O) groups excluding carboxylic acids is 2. The van der Waals surface area contributed by atoms with Crippen molar-refractivity contribution in [3.63, 3.8) is 0 Å². The van der Waals surface area contributed by atoms with E-state index in [0.717, 1.165) is 4.88 Å². The number of hydrogen-bond donors (Lipinski definition) is 1. The van der Waals surface area contributed by atoms with Crippen LogP contribution in [0.5, 0.6) is 0 Å². The van der Waals surface area contributed by atoms with Gasteiger partial charge < -0.3 is 10.1 Å². The maximum absolute atomic E-state index is 11.8. The molecule has 1 amide bonds. The Kier molecular flexibility index (Phi) is 5.15. The van der Waals surface area contributed by atoms with Crippen molar-refractivity contribution in [1.82, 2.24) is 0 Å². The van der Waals surface area contributed by atoms with E-state index in [1.165, 1.54) is 23.5 Å². The highest BCUT2D eigenvalue weighted by Crippen LogP contribution is 2.20. The van der Waals surface area contributed by atoms with E-state index in [1.54, 1.807) is 18.2 Å². The van der Waals surface area contributed by atoms with Gasteiger partial charge in [-0.25, -0.2) is 4.79 Å². The molecule has 2 aromatic rings. The summed E-state index contributed by atoms with van der Waals surface area (Å²) in [6, 6.07) is 9.89. The van der Waals surface area contributed by atoms with E-state index in [1.807, 2.05) is 13.0 Å². The van der Waals surface area contributed by atoms with E-state index in [4.69, 9.17) is 21.6 Å². The first kappa shape index (κ1) is 16.0. The zero-order valence-corrected chi connectivity index (χ0v) is 13.1. The Morgan fingerprint density at radius 3 is 2.77 bits per heavy atom. The Labute approximate surface area is 136 Å². The van der Waals surface area contributed by atoms with E-state index in [-0.39, 0.29) is 11.3 Å². The molecule has 0 saturated heterocycles. The molecule has 0 aliphatic rings. The second-order valence-corrected chi connectivity index (χ2v) is 6.06. The molecule has 112 valence electrons. The molecule has 0 unspecified atom stereocenters. The number of hydrogen-bond acceptors (Lipinski definition) is 5. The monoisotopic (exact) mass is 334 g/mol. The highest BCUT2D eigenvalue weighted by atomic mass is 35.5. The van der Waals surface area contributed by atoms with Crippen molar-refractivity contribution < 1.29 is 14.3 Å². The van der Waals surface area contributed by atoms with E-state index < -0.39 is 18.5 Å². The van der Waals surface area contributed by atoms with E-state index in [9.17, 15) is 9.59 Å². The van der Waals surface area contributed by atoms with Crippen molar-refractivity contribution in [2.24, 2.45) is 0 Å². The summed E-state index contributed by atoms with van der Waals surface area (Å²) >= 11 is 7.12. The van der Waals surface area contributed by atoms with Gasteiger partial charge in [-0.3, -0.25) is 4.79 Å². The van der Waals surface area contributed by atoms with Gasteiger partial charge in [0.15, 0.2) is 6.61 Å². The normalized spacial score (nSPS) is 9.86. The number of nitrogens with zero attached hydrogens (tertiary/aromatic N) is 1. The van der Waals surface area contributed by atoms with Crippen molar-refractivity contribution in [3.8, 4) is 6.07 Å². The van der Waals surface area contributed by atoms with Gasteiger partial charge in [0, 0.05) is 9.90 Å². The Morgan fingerprint density at radius 1 is 1.36 bits per heavy atom. The van der Waals surface area contributed by atoms with Crippen LogP contribution >= 0.6 is 22.9 Å². The van der Waals surface area contributed by atoms with Crippen LogP contribution in [-0.2, 0) is 9.53 Å². The molecular weight excluding hydrogens is 324 g/mol. The molecule has 0 atom stereocenters. The lowest BCUT2D eigenvalue weighted by Gasteiger charge is -2.07. The second-order valence-electron chi connectivity index (χ2n) is 4.34. The number of ether oxygens (including phenoxy) is 1. The van der Waals surface area contributed by atoms with E-state index >= 15 is 0 Å². The van der Waals surface area contributed by atoms with Crippen molar-refractivity contribution in [3.05, 3.63) is 50.7 Å². The van der Waals surface area contributed by atoms with E-state index in [0.29, 0.717) is 9.90 Å². The zero-order chi connectivity index (χ0) is 16.1. The average molecular weight is 335 g/mol. The van der Waals surface area contributed by atoms with Crippen LogP contribution in [0.1, 0.15) is 20.1 Å². The lowest BCUT2D eigenvalue weighted by molar-refractivity contribution is -0.119. The second kappa shape index (κ2) is 7.07. The van der Waals surface area contributed by atoms with Crippen LogP contribution < -0.4 is 5.32 Å². The lowest BCUT2D eigenvalue weighted by atomic mass is 10.2. The van der Waals surface area contributed by atoms with Gasteiger partial charge in [0.05, 0.1) is 11.3 Å². The van der Waals surface area contributed by atoms with Crippen LogP contribution in [0.15, 0.2) is 30.3 Å². The topological polar surface area (TPSA) is 79.2 Å². The average Bonchev–Trinajstić information content (AvgIpc) is 2.92. The number of halogens is 1. The number of nitriles is 1. The number of rotatable bonds is 4. The predicted octanol–water partition coefficient (Wildman–Crippen LogP) is 3.38. The fourth-order valence-electron chi connectivity index (χ4n) is 1.65. The van der Waals surface area contributed by atoms with Crippen molar-refractivity contribution in [2.75, 3.05) is 11.9 Å². The predicted molar refractivity (Wildman–Crippen MR) is 84.1 cm³/mol. The minimum absolute atomic E-state index is 0.276. The van der Waals surface area contributed by atoms with Crippen molar-refractivity contribution in [2.45, 2.75) is 6.92 Å². The van der Waals surface area contributed by atoms with Crippen molar-refractivity contribution >= 4 is 40.5 Å². The molecule has 0 aliphatic heterocycles. The molecule has 1 aromatic carbocycles. The minimum Gasteiger partial charge on any atom is -0.451 e. The number of amides is 1. The molecule has 22 heavy (non-hydrogen) atoms. The van der Waals surface area contributed by atoms with Crippen molar-refractivity contribution in [1.29, 1.82) is 5.26 Å². The van der Waals surface area contributed by atoms with Crippen LogP contribution in [0.25, 0.3) is 0 Å². The molecule has 0 spiro atoms. The summed E-state index contributed by atoms with van der Waals surface area (Å²) < 4.78 is 4.92. The highest BCUT2D eigenvalue weighted by molar-refractivity contribution is 7.13. The molecule has 0 aliphatic carbocycles. The molecule has 2 rings (SSSR count). The molecule has 1 aromatic heterocycles. The summed E-state index contributed by atoms with van der Waals surface area (Å²) in [4.78, 5) is 24.9. The minimum atomic E-state index is -0.556. The molecule has 5 nitrogen and oxygen atoms in total. The number of anilines is 1. The lowest BCUT2D eigenvalue weighted by Crippen LogP contribution is -2.21. The quantitative estimate of drug-likeness (QED) is 0.869. The summed E-state index contributed by atoms with van der Waals surface area (Å²) in [5.74, 6) is -1.10. The maximum Gasteiger partial charge on any atom is 0.348 e. The first-order valence-corrected chi connectivity index (χ1v) is 7.42. The van der Waals surface area contributed by atoms with Crippen LogP contribution in [0.4, 0.5) is 5.69 Å². The number of aryl methyl sites for hydroxylation is 1. The number of carbonyl (C=O) groups is 2. The maximum atomic E-state index is 11.8. The third-order valence-electron chi connectivity index (χ3n) is 2.65. The summed E-state index contributed by atoms with van der Waals surface area (Å²) in [5, 5.41) is 11.8. The summed E-state index contributed by atoms with van der Waals surface area (Å²) in [6.07, 6.45) is 0. The largest absolute Gasteiger partial charge is 0.451 e. The third-order valence-corrected chi connectivity index (χ3v) is 3.87. The fraction of sp³-hybridized carbons (Fsp3) is 0.133. The first-order valence-electron chi connectivity index (χ1n) is 6.22. The Hall–Kier alpha value is -2.36. The summed E-state index contributed by atoms with van der Waals surface area (Å²) in [5.41, 5.74) is 0.556. The van der Waals surface area contributed by atoms with Crippen LogP contribution in [0.3, 0.4) is 0 Å². The Balaban J connectivity index is 1.95. The smallest absolute Gasteiger partial charge is 0.348 e. The molecule has 0 radical (unpaired) electrons. The number of nitrogens with one attached hydrogen (secondary N) is 1. The molecular formula is C15H11ClN2O3S. The Bertz CT molecular complexity index is 764. The third kappa shape index (κ3) is 4.07. The Morgan fingerprint density at radius 2 is 2.14 bits per heavy atom. The van der Waals surface area contributed by atoms with Gasteiger partial charge in [-0.1, -0.05) is 11.6 Å². The van der Waals surface area contributed by atoms with Crippen LogP contribution in [0, 0.1) is 18.3 Å². The van der Waals surface area contributed by atoms with Gasteiger partial charge in [-0.05, 0) is 37.3 Å². The standard InChI is InChI=1S/C15H11ClN2O3S/c1-9-2-5-13(22-9)15(20)21-8-14(19)18-12-6-11(16)4-3-10(12)7-17/h2-6H,8H2,1H3,(H,18,19). The van der Waals surface area contributed by atoms with Gasteiger partial charge in [0.1, 0.15) is 10.9 Å². The molecule has 1 N–H and O–H groups in total. The van der Waals surface area contributed by atoms with Crippen LogP contribution in [0.2, 0.25) is 5.02 Å². The first-order chi connectivity index (χ1) is 10.5. The van der Waals surface area contributed by atoms with Gasteiger partial charge >= 0.3 is 5.97 Å². The molecule has 7 heteroatoms. The van der Waals surface area contributed by atoms with Gasteiger partial charge in [0.25, 0.3) is 5.91 Å². The van der Waals surface area contributed by atoms with Gasteiger partial charge in [0.2, 0.25) is 0 Å². The fourth-order valence-corrected chi connectivity index (χ4v) is 2.58. The van der Waals surface area contributed by atoms with E-state index in [2.05, 4.69) is 5.32 Å². The number of benzene rings is 1. The summed E-state index contributed by atoms with van der Waals surface area (Å²) in [7, 11) is 0. The molecule has 0 bridgehead atoms. The number of thiophene rings is 1. The highest BCUT2D eigenvalue weighted by Gasteiger charge is 2.13. The SMILES string of the molecule is Cc1ccc(C(=O)OCC(=O)Nc2cc(Cl)ccc2C#N)s1. The molecule has 0 saturated carbocycles. The zero-order valence-electron chi connectivity index (χ0n) is 11.6. The molecule has 0 fully saturated rings.